The van der Waals surface area contributed by atoms with Crippen molar-refractivity contribution in [2.24, 2.45) is 5.92 Å². The second-order valence-corrected chi connectivity index (χ2v) is 15.7. The standard InChI is InChI=1S/C43H75O11P/c1-4-6-24-30-39(45)31-26-21-17-13-8-7-9-14-18-22-27-32-42(47)51-36-41(37-53-55(49,50)52-35-40(46)34-44)54-43(48)33-28-23-19-15-11-10-12-16-20-25-29-38(3)5-2/h7-8,14,17-18,21,26,31,38,40-41,44,46H,4-6,9-13,15-16,19-20,22-25,27-30,32-37H2,1-3H3,(H,49,50)/b8-7-,18-14-,21-17-,31-26+/t38?,40-,41+/m0/s1. The highest BCUT2D eigenvalue weighted by Crippen LogP contribution is 2.43. The number of rotatable bonds is 38. The van der Waals surface area contributed by atoms with Gasteiger partial charge in [-0.3, -0.25) is 23.4 Å². The van der Waals surface area contributed by atoms with E-state index in [2.05, 4.69) is 25.3 Å². The molecule has 0 fully saturated rings. The second kappa shape index (κ2) is 37.2. The second-order valence-electron chi connectivity index (χ2n) is 14.3. The van der Waals surface area contributed by atoms with Crippen molar-refractivity contribution in [3.05, 3.63) is 48.6 Å². The first-order valence-corrected chi connectivity index (χ1v) is 22.4. The zero-order valence-corrected chi connectivity index (χ0v) is 35.2. The lowest BCUT2D eigenvalue weighted by Gasteiger charge is -2.20. The summed E-state index contributed by atoms with van der Waals surface area (Å²) < 4.78 is 32.6. The van der Waals surface area contributed by atoms with E-state index in [9.17, 15) is 28.9 Å². The Morgan fingerprint density at radius 1 is 0.673 bits per heavy atom. The molecule has 0 aliphatic carbocycles. The molecule has 3 N–H and O–H groups in total. The van der Waals surface area contributed by atoms with Gasteiger partial charge in [-0.25, -0.2) is 4.57 Å². The van der Waals surface area contributed by atoms with Crippen molar-refractivity contribution in [3.8, 4) is 0 Å². The SMILES string of the molecule is CCCCCC(=O)/C=C/C=C\C/C=C\C/C=C\CCCC(=O)OC[C@H](COP(=O)(O)OC[C@@H](O)CO)OC(=O)CCCCCCCCCCCCC(C)CC. The molecule has 55 heavy (non-hydrogen) atoms. The molecule has 0 bridgehead atoms. The number of carbonyl (C=O) groups excluding carboxylic acids is 3. The Kier molecular flexibility index (Phi) is 35.6. The molecule has 0 aromatic carbocycles. The smallest absolute Gasteiger partial charge is 0.462 e. The third-order valence-electron chi connectivity index (χ3n) is 9.00. The van der Waals surface area contributed by atoms with Gasteiger partial charge in [-0.2, -0.15) is 0 Å². The number of phosphoric ester groups is 1. The van der Waals surface area contributed by atoms with Gasteiger partial charge in [0.1, 0.15) is 12.7 Å². The first kappa shape index (κ1) is 52.6. The van der Waals surface area contributed by atoms with Crippen molar-refractivity contribution in [2.45, 2.75) is 174 Å². The van der Waals surface area contributed by atoms with Gasteiger partial charge in [0, 0.05) is 19.3 Å². The number of hydrogen-bond acceptors (Lipinski definition) is 10. The van der Waals surface area contributed by atoms with Crippen LogP contribution in [-0.4, -0.2) is 71.5 Å². The number of unbranched alkanes of at least 4 members (excludes halogenated alkanes) is 12. The number of ether oxygens (including phenoxy) is 2. The molecule has 0 saturated heterocycles. The van der Waals surface area contributed by atoms with Crippen LogP contribution in [0.5, 0.6) is 0 Å². The van der Waals surface area contributed by atoms with E-state index in [4.69, 9.17) is 19.1 Å². The maximum absolute atomic E-state index is 12.6. The number of aliphatic hydroxyl groups excluding tert-OH is 2. The first-order valence-electron chi connectivity index (χ1n) is 20.9. The maximum atomic E-state index is 12.6. The molecule has 0 aliphatic heterocycles. The lowest BCUT2D eigenvalue weighted by atomic mass is 9.99. The van der Waals surface area contributed by atoms with Crippen LogP contribution in [0.1, 0.15) is 162 Å². The summed E-state index contributed by atoms with van der Waals surface area (Å²) in [6, 6.07) is 0. The molecule has 0 rings (SSSR count). The van der Waals surface area contributed by atoms with E-state index < -0.39 is 51.8 Å². The van der Waals surface area contributed by atoms with Crippen LogP contribution in [0, 0.1) is 5.92 Å². The van der Waals surface area contributed by atoms with Gasteiger partial charge < -0.3 is 24.6 Å². The third kappa shape index (κ3) is 37.0. The van der Waals surface area contributed by atoms with Gasteiger partial charge in [0.15, 0.2) is 11.9 Å². The fourth-order valence-corrected chi connectivity index (χ4v) is 6.12. The Bertz CT molecular complexity index is 1130. The molecule has 11 nitrogen and oxygen atoms in total. The summed E-state index contributed by atoms with van der Waals surface area (Å²) in [7, 11) is -4.64. The number of carbonyl (C=O) groups is 3. The molecule has 0 heterocycles. The molecular weight excluding hydrogens is 723 g/mol. The van der Waals surface area contributed by atoms with E-state index in [1.54, 1.807) is 12.2 Å². The van der Waals surface area contributed by atoms with E-state index in [-0.39, 0.29) is 25.2 Å². The van der Waals surface area contributed by atoms with Gasteiger partial charge in [0.2, 0.25) is 0 Å². The molecule has 0 spiro atoms. The van der Waals surface area contributed by atoms with E-state index >= 15 is 0 Å². The lowest BCUT2D eigenvalue weighted by Crippen LogP contribution is -2.29. The maximum Gasteiger partial charge on any atom is 0.472 e. The van der Waals surface area contributed by atoms with Crippen molar-refractivity contribution < 1.29 is 52.6 Å². The monoisotopic (exact) mass is 799 g/mol. The van der Waals surface area contributed by atoms with E-state index in [0.717, 1.165) is 57.3 Å². The Labute approximate surface area is 332 Å². The first-order chi connectivity index (χ1) is 26.5. The van der Waals surface area contributed by atoms with Crippen LogP contribution in [0.25, 0.3) is 0 Å². The van der Waals surface area contributed by atoms with Gasteiger partial charge in [0.25, 0.3) is 0 Å². The van der Waals surface area contributed by atoms with Crippen molar-refractivity contribution in [2.75, 3.05) is 26.4 Å². The van der Waals surface area contributed by atoms with Crippen molar-refractivity contribution >= 4 is 25.5 Å². The third-order valence-corrected chi connectivity index (χ3v) is 9.95. The molecule has 0 radical (unpaired) electrons. The molecule has 0 aliphatic rings. The molecule has 0 amide bonds. The fraction of sp³-hybridized carbons (Fsp3) is 0.744. The Balaban J connectivity index is 4.46. The molecule has 4 atom stereocenters. The lowest BCUT2D eigenvalue weighted by molar-refractivity contribution is -0.161. The average Bonchev–Trinajstić information content (AvgIpc) is 3.17. The number of esters is 2. The summed E-state index contributed by atoms with van der Waals surface area (Å²) in [5.41, 5.74) is 0. The molecule has 0 saturated carbocycles. The average molecular weight is 799 g/mol. The van der Waals surface area contributed by atoms with E-state index in [1.165, 1.54) is 51.4 Å². The minimum Gasteiger partial charge on any atom is -0.462 e. The quantitative estimate of drug-likeness (QED) is 0.0136. The van der Waals surface area contributed by atoms with Crippen LogP contribution >= 0.6 is 7.82 Å². The summed E-state index contributed by atoms with van der Waals surface area (Å²) in [5, 5.41) is 18.3. The highest BCUT2D eigenvalue weighted by atomic mass is 31.2. The Hall–Kier alpha value is -2.40. The minimum absolute atomic E-state index is 0.139. The van der Waals surface area contributed by atoms with Crippen LogP contribution in [0.4, 0.5) is 0 Å². The molecule has 2 unspecified atom stereocenters. The molecule has 0 aromatic rings. The largest absolute Gasteiger partial charge is 0.472 e. The fourth-order valence-electron chi connectivity index (χ4n) is 5.33. The summed E-state index contributed by atoms with van der Waals surface area (Å²) in [5.74, 6) is -0.0395. The van der Waals surface area contributed by atoms with E-state index in [0.29, 0.717) is 25.7 Å². The number of phosphoric acid groups is 1. The van der Waals surface area contributed by atoms with Gasteiger partial charge in [0.05, 0.1) is 19.8 Å². The van der Waals surface area contributed by atoms with Crippen molar-refractivity contribution in [1.82, 2.24) is 0 Å². The number of hydrogen-bond donors (Lipinski definition) is 3. The summed E-state index contributed by atoms with van der Waals surface area (Å²) in [4.78, 5) is 46.6. The summed E-state index contributed by atoms with van der Waals surface area (Å²) in [6.07, 6.45) is 33.5. The predicted molar refractivity (Wildman–Crippen MR) is 219 cm³/mol. The Morgan fingerprint density at radius 3 is 1.91 bits per heavy atom. The number of ketones is 1. The molecular formula is C43H75O11P. The van der Waals surface area contributed by atoms with Gasteiger partial charge in [-0.05, 0) is 50.5 Å². The minimum atomic E-state index is -4.64. The van der Waals surface area contributed by atoms with Crippen LogP contribution in [0.3, 0.4) is 0 Å². The molecule has 0 aromatic heterocycles. The Morgan fingerprint density at radius 2 is 1.25 bits per heavy atom. The van der Waals surface area contributed by atoms with Gasteiger partial charge in [-0.15, -0.1) is 0 Å². The number of allylic oxidation sites excluding steroid dienone is 8. The van der Waals surface area contributed by atoms with Gasteiger partial charge in [-0.1, -0.05) is 147 Å². The van der Waals surface area contributed by atoms with E-state index in [1.807, 2.05) is 36.5 Å². The highest BCUT2D eigenvalue weighted by Gasteiger charge is 2.27. The van der Waals surface area contributed by atoms with Crippen molar-refractivity contribution in [3.63, 3.8) is 0 Å². The topological polar surface area (TPSA) is 166 Å². The zero-order valence-electron chi connectivity index (χ0n) is 34.3. The van der Waals surface area contributed by atoms with Crippen LogP contribution in [-0.2, 0) is 37.5 Å². The number of aliphatic hydroxyl groups is 2. The van der Waals surface area contributed by atoms with Crippen LogP contribution in [0.2, 0.25) is 0 Å². The summed E-state index contributed by atoms with van der Waals surface area (Å²) >= 11 is 0. The van der Waals surface area contributed by atoms with Gasteiger partial charge >= 0.3 is 19.8 Å². The molecule has 318 valence electrons. The molecule has 12 heteroatoms. The van der Waals surface area contributed by atoms with Crippen LogP contribution < -0.4 is 0 Å². The summed E-state index contributed by atoms with van der Waals surface area (Å²) in [6.45, 7) is 4.46. The normalized spacial score (nSPS) is 14.9. The predicted octanol–water partition coefficient (Wildman–Crippen LogP) is 9.98. The van der Waals surface area contributed by atoms with Crippen molar-refractivity contribution in [1.29, 1.82) is 0 Å². The highest BCUT2D eigenvalue weighted by molar-refractivity contribution is 7.47. The van der Waals surface area contributed by atoms with Crippen LogP contribution in [0.15, 0.2) is 48.6 Å². The zero-order chi connectivity index (χ0) is 40.8.